The van der Waals surface area contributed by atoms with Crippen molar-refractivity contribution in [2.75, 3.05) is 19.6 Å². The van der Waals surface area contributed by atoms with Gasteiger partial charge < -0.3 is 10.6 Å². The molecular formula is C19H24N2. The van der Waals surface area contributed by atoms with Crippen molar-refractivity contribution < 1.29 is 0 Å². The quantitative estimate of drug-likeness (QED) is 0.929. The van der Waals surface area contributed by atoms with Crippen LogP contribution in [-0.4, -0.2) is 24.5 Å². The lowest BCUT2D eigenvalue weighted by Gasteiger charge is -2.22. The summed E-state index contributed by atoms with van der Waals surface area (Å²) in [7, 11) is 0. The highest BCUT2D eigenvalue weighted by Crippen LogP contribution is 2.28. The molecule has 3 rings (SSSR count). The molecule has 0 radical (unpaired) electrons. The van der Waals surface area contributed by atoms with Gasteiger partial charge in [0.2, 0.25) is 0 Å². The van der Waals surface area contributed by atoms with Gasteiger partial charge in [-0.05, 0) is 42.5 Å². The Kier molecular flexibility index (Phi) is 4.37. The molecule has 21 heavy (non-hydrogen) atoms. The monoisotopic (exact) mass is 280 g/mol. The minimum Gasteiger partial charge on any atom is -0.323 e. The predicted molar refractivity (Wildman–Crippen MR) is 88.3 cm³/mol. The maximum absolute atomic E-state index is 6.42. The van der Waals surface area contributed by atoms with Gasteiger partial charge in [-0.15, -0.1) is 0 Å². The molecule has 2 atom stereocenters. The summed E-state index contributed by atoms with van der Waals surface area (Å²) in [5, 5.41) is 0. The number of hydrogen-bond acceptors (Lipinski definition) is 2. The topological polar surface area (TPSA) is 29.3 Å². The van der Waals surface area contributed by atoms with Crippen LogP contribution in [0.1, 0.15) is 35.1 Å². The maximum Gasteiger partial charge on any atom is 0.0426 e. The summed E-state index contributed by atoms with van der Waals surface area (Å²) in [6, 6.07) is 19.4. The van der Waals surface area contributed by atoms with Crippen molar-refractivity contribution in [2.45, 2.75) is 25.3 Å². The molecule has 1 aliphatic rings. The van der Waals surface area contributed by atoms with Gasteiger partial charge in [0.25, 0.3) is 0 Å². The molecule has 2 nitrogen and oxygen atoms in total. The fraction of sp³-hybridized carbons (Fsp3) is 0.368. The van der Waals surface area contributed by atoms with Gasteiger partial charge in [-0.2, -0.15) is 0 Å². The Morgan fingerprint density at radius 3 is 2.57 bits per heavy atom. The van der Waals surface area contributed by atoms with Crippen LogP contribution in [0.5, 0.6) is 0 Å². The van der Waals surface area contributed by atoms with Crippen molar-refractivity contribution in [3.63, 3.8) is 0 Å². The summed E-state index contributed by atoms with van der Waals surface area (Å²) in [6.07, 6.45) is 1.24. The first-order valence-corrected chi connectivity index (χ1v) is 7.82. The highest BCUT2D eigenvalue weighted by Gasteiger charge is 2.25. The van der Waals surface area contributed by atoms with Crippen molar-refractivity contribution >= 4 is 0 Å². The summed E-state index contributed by atoms with van der Waals surface area (Å²) in [5.41, 5.74) is 10.5. The van der Waals surface area contributed by atoms with Crippen LogP contribution < -0.4 is 5.73 Å². The average Bonchev–Trinajstić information content (AvgIpc) is 2.97. The molecule has 2 heteroatoms. The first kappa shape index (κ1) is 14.3. The third-order valence-corrected chi connectivity index (χ3v) is 4.59. The molecule has 0 aliphatic carbocycles. The normalized spacial score (nSPS) is 20.6. The van der Waals surface area contributed by atoms with Gasteiger partial charge in [-0.3, -0.25) is 0 Å². The molecule has 2 aromatic carbocycles. The predicted octanol–water partition coefficient (Wildman–Crippen LogP) is 3.48. The summed E-state index contributed by atoms with van der Waals surface area (Å²) < 4.78 is 0. The van der Waals surface area contributed by atoms with Gasteiger partial charge in [-0.1, -0.05) is 54.6 Å². The van der Waals surface area contributed by atoms with Crippen LogP contribution in [0.25, 0.3) is 0 Å². The second kappa shape index (κ2) is 6.42. The second-order valence-corrected chi connectivity index (χ2v) is 6.12. The van der Waals surface area contributed by atoms with Crippen LogP contribution in [0.4, 0.5) is 0 Å². The number of nitrogens with two attached hydrogens (primary N) is 1. The number of rotatable bonds is 4. The van der Waals surface area contributed by atoms with E-state index in [2.05, 4.69) is 66.4 Å². The number of nitrogens with zero attached hydrogens (tertiary/aromatic N) is 1. The Bertz CT molecular complexity index is 579. The summed E-state index contributed by atoms with van der Waals surface area (Å²) in [5.74, 6) is 0.662. The van der Waals surface area contributed by atoms with E-state index in [1.807, 2.05) is 0 Å². The summed E-state index contributed by atoms with van der Waals surface area (Å²) in [6.45, 7) is 5.38. The van der Waals surface area contributed by atoms with Crippen molar-refractivity contribution in [1.82, 2.24) is 4.90 Å². The van der Waals surface area contributed by atoms with Crippen molar-refractivity contribution in [2.24, 2.45) is 5.73 Å². The van der Waals surface area contributed by atoms with Gasteiger partial charge in [0.15, 0.2) is 0 Å². The first-order valence-electron chi connectivity index (χ1n) is 7.82. The minimum atomic E-state index is 0.112. The Morgan fingerprint density at radius 1 is 1.10 bits per heavy atom. The number of hydrogen-bond donors (Lipinski definition) is 1. The van der Waals surface area contributed by atoms with Gasteiger partial charge in [0.05, 0.1) is 0 Å². The van der Waals surface area contributed by atoms with Gasteiger partial charge in [0.1, 0.15) is 0 Å². The zero-order chi connectivity index (χ0) is 14.7. The van der Waals surface area contributed by atoms with Crippen LogP contribution in [0.2, 0.25) is 0 Å². The van der Waals surface area contributed by atoms with Gasteiger partial charge in [-0.25, -0.2) is 0 Å². The molecule has 0 amide bonds. The van der Waals surface area contributed by atoms with Crippen LogP contribution in [0.3, 0.4) is 0 Å². The van der Waals surface area contributed by atoms with E-state index in [4.69, 9.17) is 5.73 Å². The van der Waals surface area contributed by atoms with Crippen LogP contribution in [0.15, 0.2) is 54.6 Å². The zero-order valence-electron chi connectivity index (χ0n) is 12.7. The molecule has 110 valence electrons. The van der Waals surface area contributed by atoms with Gasteiger partial charge >= 0.3 is 0 Å². The Hall–Kier alpha value is -1.64. The number of likely N-dealkylation sites (tertiary alicyclic amines) is 1. The van der Waals surface area contributed by atoms with E-state index in [0.29, 0.717) is 5.92 Å². The third kappa shape index (κ3) is 3.34. The molecule has 1 heterocycles. The smallest absolute Gasteiger partial charge is 0.0426 e. The Morgan fingerprint density at radius 2 is 1.81 bits per heavy atom. The second-order valence-electron chi connectivity index (χ2n) is 6.12. The molecule has 0 aromatic heterocycles. The molecule has 0 saturated carbocycles. The molecule has 1 fully saturated rings. The number of benzene rings is 2. The molecule has 0 spiro atoms. The average molecular weight is 280 g/mol. The molecule has 2 N–H and O–H groups in total. The van der Waals surface area contributed by atoms with Crippen molar-refractivity contribution in [1.29, 1.82) is 0 Å². The highest BCUT2D eigenvalue weighted by atomic mass is 15.2. The van der Waals surface area contributed by atoms with E-state index in [1.165, 1.54) is 23.1 Å². The van der Waals surface area contributed by atoms with Crippen LogP contribution in [-0.2, 0) is 0 Å². The lowest BCUT2D eigenvalue weighted by Crippen LogP contribution is -2.30. The van der Waals surface area contributed by atoms with E-state index in [1.54, 1.807) is 0 Å². The standard InChI is InChI=1S/C19H24N2/c1-15-7-5-6-10-18(15)19(20)14-21-12-11-17(13-21)16-8-3-2-4-9-16/h2-10,17,19H,11-14,20H2,1H3. The van der Waals surface area contributed by atoms with Gasteiger partial charge in [0, 0.05) is 19.1 Å². The molecule has 0 bridgehead atoms. The van der Waals surface area contributed by atoms with Crippen LogP contribution in [0, 0.1) is 6.92 Å². The Labute approximate surface area is 127 Å². The summed E-state index contributed by atoms with van der Waals surface area (Å²) >= 11 is 0. The summed E-state index contributed by atoms with van der Waals surface area (Å²) in [4.78, 5) is 2.51. The van der Waals surface area contributed by atoms with E-state index in [9.17, 15) is 0 Å². The molecule has 2 unspecified atom stereocenters. The third-order valence-electron chi connectivity index (χ3n) is 4.59. The Balaban J connectivity index is 1.61. The van der Waals surface area contributed by atoms with E-state index in [-0.39, 0.29) is 6.04 Å². The molecule has 1 saturated heterocycles. The van der Waals surface area contributed by atoms with Crippen LogP contribution >= 0.6 is 0 Å². The molecule has 2 aromatic rings. The van der Waals surface area contributed by atoms with E-state index < -0.39 is 0 Å². The first-order chi connectivity index (χ1) is 10.2. The SMILES string of the molecule is Cc1ccccc1C(N)CN1CCC(c2ccccc2)C1. The maximum atomic E-state index is 6.42. The number of aryl methyl sites for hydroxylation is 1. The highest BCUT2D eigenvalue weighted by molar-refractivity contribution is 5.29. The largest absolute Gasteiger partial charge is 0.323 e. The molecular weight excluding hydrogens is 256 g/mol. The lowest BCUT2D eigenvalue weighted by molar-refractivity contribution is 0.312. The van der Waals surface area contributed by atoms with Crippen molar-refractivity contribution in [3.05, 3.63) is 71.3 Å². The lowest BCUT2D eigenvalue weighted by atomic mass is 9.98. The minimum absolute atomic E-state index is 0.112. The van der Waals surface area contributed by atoms with E-state index in [0.717, 1.165) is 19.6 Å². The fourth-order valence-electron chi connectivity index (χ4n) is 3.38. The fourth-order valence-corrected chi connectivity index (χ4v) is 3.38. The van der Waals surface area contributed by atoms with E-state index >= 15 is 0 Å². The zero-order valence-corrected chi connectivity index (χ0v) is 12.7. The van der Waals surface area contributed by atoms with Crippen molar-refractivity contribution in [3.8, 4) is 0 Å². The molecule has 1 aliphatic heterocycles.